The molecule has 23 heavy (non-hydrogen) atoms. The molecule has 0 atom stereocenters. The van der Waals surface area contributed by atoms with Crippen LogP contribution >= 0.6 is 0 Å². The first-order valence-electron chi connectivity index (χ1n) is 6.40. The predicted molar refractivity (Wildman–Crippen MR) is 80.5 cm³/mol. The molecule has 0 saturated carbocycles. The standard InChI is InChI=1S/C15H12N2O6/c1-23-15(20)10-7-12(17(21)22)13(18)8-11(10)16-14(19)9-5-3-2-4-6-9/h2-8,18H,1H3,(H,16,19). The lowest BCUT2D eigenvalue weighted by Gasteiger charge is -2.10. The number of nitro groups is 1. The molecule has 0 spiro atoms. The molecule has 0 bridgehead atoms. The number of amides is 1. The molecule has 0 aliphatic rings. The van der Waals surface area contributed by atoms with Crippen molar-refractivity contribution in [1.82, 2.24) is 0 Å². The number of hydrogen-bond acceptors (Lipinski definition) is 6. The number of nitro benzene ring substituents is 1. The van der Waals surface area contributed by atoms with E-state index >= 15 is 0 Å². The number of carbonyl (C=O) groups is 2. The van der Waals surface area contributed by atoms with Crippen molar-refractivity contribution >= 4 is 23.3 Å². The number of methoxy groups -OCH3 is 1. The maximum absolute atomic E-state index is 12.1. The molecule has 118 valence electrons. The van der Waals surface area contributed by atoms with Crippen LogP contribution < -0.4 is 5.32 Å². The molecule has 0 fully saturated rings. The number of benzene rings is 2. The number of nitrogens with zero attached hydrogens (tertiary/aromatic N) is 1. The van der Waals surface area contributed by atoms with Gasteiger partial charge in [0.2, 0.25) is 0 Å². The van der Waals surface area contributed by atoms with E-state index in [9.17, 15) is 24.8 Å². The Kier molecular flexibility index (Phi) is 4.55. The molecule has 2 aromatic rings. The molecule has 2 N–H and O–H groups in total. The minimum Gasteiger partial charge on any atom is -0.502 e. The third-order valence-electron chi connectivity index (χ3n) is 3.00. The van der Waals surface area contributed by atoms with E-state index in [4.69, 9.17) is 0 Å². The van der Waals surface area contributed by atoms with Crippen LogP contribution in [0.15, 0.2) is 42.5 Å². The van der Waals surface area contributed by atoms with Crippen LogP contribution in [0.25, 0.3) is 0 Å². The van der Waals surface area contributed by atoms with Gasteiger partial charge in [-0.25, -0.2) is 4.79 Å². The Balaban J connectivity index is 2.44. The number of hydrogen-bond donors (Lipinski definition) is 2. The highest BCUT2D eigenvalue weighted by Crippen LogP contribution is 2.32. The zero-order chi connectivity index (χ0) is 17.0. The van der Waals surface area contributed by atoms with Gasteiger partial charge >= 0.3 is 11.7 Å². The van der Waals surface area contributed by atoms with Gasteiger partial charge in [-0.2, -0.15) is 0 Å². The Labute approximate surface area is 130 Å². The lowest BCUT2D eigenvalue weighted by atomic mass is 10.1. The summed E-state index contributed by atoms with van der Waals surface area (Å²) in [5.41, 5.74) is -0.667. The fourth-order valence-electron chi connectivity index (χ4n) is 1.89. The van der Waals surface area contributed by atoms with Gasteiger partial charge in [-0.3, -0.25) is 14.9 Å². The highest BCUT2D eigenvalue weighted by Gasteiger charge is 2.23. The van der Waals surface area contributed by atoms with Gasteiger partial charge in [-0.1, -0.05) is 18.2 Å². The molecule has 0 unspecified atom stereocenters. The van der Waals surface area contributed by atoms with Crippen molar-refractivity contribution in [2.45, 2.75) is 0 Å². The predicted octanol–water partition coefficient (Wildman–Crippen LogP) is 2.34. The summed E-state index contributed by atoms with van der Waals surface area (Å²) < 4.78 is 4.54. The average Bonchev–Trinajstić information content (AvgIpc) is 2.54. The van der Waals surface area contributed by atoms with Crippen LogP contribution in [-0.4, -0.2) is 29.0 Å². The lowest BCUT2D eigenvalue weighted by Crippen LogP contribution is -2.15. The lowest BCUT2D eigenvalue weighted by molar-refractivity contribution is -0.385. The number of phenolic OH excluding ortho intramolecular Hbond substituents is 1. The summed E-state index contributed by atoms with van der Waals surface area (Å²) in [6.45, 7) is 0. The first-order valence-corrected chi connectivity index (χ1v) is 6.40. The molecule has 2 rings (SSSR count). The first-order chi connectivity index (χ1) is 10.9. The molecular formula is C15H12N2O6. The van der Waals surface area contributed by atoms with Crippen LogP contribution in [0.1, 0.15) is 20.7 Å². The smallest absolute Gasteiger partial charge is 0.340 e. The first kappa shape index (κ1) is 16.0. The van der Waals surface area contributed by atoms with Crippen molar-refractivity contribution in [1.29, 1.82) is 0 Å². The van der Waals surface area contributed by atoms with Crippen molar-refractivity contribution in [3.63, 3.8) is 0 Å². The Morgan fingerprint density at radius 3 is 2.43 bits per heavy atom. The van der Waals surface area contributed by atoms with Crippen LogP contribution in [0.3, 0.4) is 0 Å². The number of ether oxygens (including phenoxy) is 1. The summed E-state index contributed by atoms with van der Waals surface area (Å²) in [4.78, 5) is 33.9. The SMILES string of the molecule is COC(=O)c1cc([N+](=O)[O-])c(O)cc1NC(=O)c1ccccc1. The number of carbonyl (C=O) groups excluding carboxylic acids is 2. The Morgan fingerprint density at radius 1 is 1.22 bits per heavy atom. The third-order valence-corrected chi connectivity index (χ3v) is 3.00. The zero-order valence-corrected chi connectivity index (χ0v) is 12.0. The van der Waals surface area contributed by atoms with Crippen molar-refractivity contribution in [3.05, 3.63) is 63.7 Å². The summed E-state index contributed by atoms with van der Waals surface area (Å²) in [6, 6.07) is 9.94. The van der Waals surface area contributed by atoms with Crippen molar-refractivity contribution in [2.75, 3.05) is 12.4 Å². The van der Waals surface area contributed by atoms with E-state index in [1.54, 1.807) is 30.3 Å². The summed E-state index contributed by atoms with van der Waals surface area (Å²) in [5.74, 6) is -2.09. The molecule has 0 aliphatic heterocycles. The average molecular weight is 316 g/mol. The Hall–Kier alpha value is -3.42. The van der Waals surface area contributed by atoms with Gasteiger partial charge in [0.1, 0.15) is 0 Å². The van der Waals surface area contributed by atoms with Gasteiger partial charge in [0.15, 0.2) is 5.75 Å². The van der Waals surface area contributed by atoms with Gasteiger partial charge in [0.25, 0.3) is 5.91 Å². The second kappa shape index (κ2) is 6.56. The highest BCUT2D eigenvalue weighted by atomic mass is 16.6. The van der Waals surface area contributed by atoms with Gasteiger partial charge in [0.05, 0.1) is 23.3 Å². The van der Waals surface area contributed by atoms with Crippen molar-refractivity contribution < 1.29 is 24.4 Å². The normalized spacial score (nSPS) is 9.96. The molecule has 0 aromatic heterocycles. The largest absolute Gasteiger partial charge is 0.502 e. The van der Waals surface area contributed by atoms with E-state index in [0.29, 0.717) is 5.56 Å². The number of esters is 1. The molecule has 1 amide bonds. The van der Waals surface area contributed by atoms with Crippen LogP contribution in [0.4, 0.5) is 11.4 Å². The van der Waals surface area contributed by atoms with Crippen molar-refractivity contribution in [2.24, 2.45) is 0 Å². The van der Waals surface area contributed by atoms with E-state index in [1.807, 2.05) is 0 Å². The number of phenols is 1. The monoisotopic (exact) mass is 316 g/mol. The molecule has 0 heterocycles. The summed E-state index contributed by atoms with van der Waals surface area (Å²) in [5, 5.41) is 23.0. The fourth-order valence-corrected chi connectivity index (χ4v) is 1.89. The number of nitrogens with one attached hydrogen (secondary N) is 1. The van der Waals surface area contributed by atoms with Crippen LogP contribution in [0.5, 0.6) is 5.75 Å². The zero-order valence-electron chi connectivity index (χ0n) is 12.0. The molecule has 0 aliphatic carbocycles. The number of anilines is 1. The van der Waals surface area contributed by atoms with Gasteiger partial charge in [-0.05, 0) is 12.1 Å². The molecule has 8 nitrogen and oxygen atoms in total. The summed E-state index contributed by atoms with van der Waals surface area (Å²) in [6.07, 6.45) is 0. The minimum atomic E-state index is -0.878. The maximum atomic E-state index is 12.1. The second-order valence-electron chi connectivity index (χ2n) is 4.46. The molecule has 0 saturated heterocycles. The van der Waals surface area contributed by atoms with Crippen LogP contribution in [0.2, 0.25) is 0 Å². The van der Waals surface area contributed by atoms with Crippen molar-refractivity contribution in [3.8, 4) is 5.75 Å². The summed E-state index contributed by atoms with van der Waals surface area (Å²) in [7, 11) is 1.10. The minimum absolute atomic E-state index is 0.0891. The van der Waals surface area contributed by atoms with E-state index in [2.05, 4.69) is 10.1 Å². The second-order valence-corrected chi connectivity index (χ2v) is 4.46. The van der Waals surface area contributed by atoms with E-state index < -0.39 is 28.2 Å². The van der Waals surface area contributed by atoms with E-state index in [1.165, 1.54) is 0 Å². The molecule has 8 heteroatoms. The van der Waals surface area contributed by atoms with Crippen LogP contribution in [0, 0.1) is 10.1 Å². The number of aromatic hydroxyl groups is 1. The third kappa shape index (κ3) is 3.43. The Morgan fingerprint density at radius 2 is 1.87 bits per heavy atom. The number of rotatable bonds is 4. The highest BCUT2D eigenvalue weighted by molar-refractivity contribution is 6.08. The topological polar surface area (TPSA) is 119 Å². The molecular weight excluding hydrogens is 304 g/mol. The van der Waals surface area contributed by atoms with Gasteiger partial charge in [-0.15, -0.1) is 0 Å². The summed E-state index contributed by atoms with van der Waals surface area (Å²) >= 11 is 0. The van der Waals surface area contributed by atoms with Crippen LogP contribution in [-0.2, 0) is 4.74 Å². The quantitative estimate of drug-likeness (QED) is 0.507. The van der Waals surface area contributed by atoms with E-state index in [-0.39, 0.29) is 11.3 Å². The fraction of sp³-hybridized carbons (Fsp3) is 0.0667. The maximum Gasteiger partial charge on any atom is 0.340 e. The Bertz CT molecular complexity index is 773. The molecule has 0 radical (unpaired) electrons. The van der Waals surface area contributed by atoms with Gasteiger partial charge < -0.3 is 15.2 Å². The van der Waals surface area contributed by atoms with E-state index in [0.717, 1.165) is 19.2 Å². The van der Waals surface area contributed by atoms with Gasteiger partial charge in [0, 0.05) is 17.7 Å². The molecule has 2 aromatic carbocycles.